The van der Waals surface area contributed by atoms with Crippen LogP contribution in [0.3, 0.4) is 0 Å². The summed E-state index contributed by atoms with van der Waals surface area (Å²) < 4.78 is 5.33. The minimum atomic E-state index is -1.49. The van der Waals surface area contributed by atoms with Crippen molar-refractivity contribution < 1.29 is 24.2 Å². The van der Waals surface area contributed by atoms with Crippen LogP contribution in [0.15, 0.2) is 72.8 Å². The van der Waals surface area contributed by atoms with Crippen LogP contribution in [0.4, 0.5) is 17.1 Å². The van der Waals surface area contributed by atoms with Crippen LogP contribution in [0.2, 0.25) is 5.02 Å². The first kappa shape index (κ1) is 22.4. The summed E-state index contributed by atoms with van der Waals surface area (Å²) in [4.78, 5) is 46.5. The Morgan fingerprint density at radius 2 is 1.50 bits per heavy atom. The first-order valence-electron chi connectivity index (χ1n) is 9.02. The van der Waals surface area contributed by atoms with Crippen molar-refractivity contribution in [3.05, 3.63) is 109 Å². The maximum Gasteiger partial charge on any atom is 0.346 e. The van der Waals surface area contributed by atoms with Crippen LogP contribution in [-0.4, -0.2) is 21.7 Å². The molecule has 11 heteroatoms. The Bertz CT molecular complexity index is 1200. The molecule has 0 bridgehead atoms. The fourth-order valence-electron chi connectivity index (χ4n) is 2.81. The summed E-state index contributed by atoms with van der Waals surface area (Å²) in [5.41, 5.74) is -0.877. The molecule has 3 aromatic rings. The van der Waals surface area contributed by atoms with E-state index in [1.54, 1.807) is 18.2 Å². The second-order valence-electron chi connectivity index (χ2n) is 6.38. The van der Waals surface area contributed by atoms with Crippen LogP contribution >= 0.6 is 11.6 Å². The van der Waals surface area contributed by atoms with Crippen molar-refractivity contribution in [2.75, 3.05) is 5.32 Å². The van der Waals surface area contributed by atoms with E-state index in [0.717, 1.165) is 12.1 Å². The molecule has 0 aliphatic carbocycles. The van der Waals surface area contributed by atoms with Crippen molar-refractivity contribution >= 4 is 40.5 Å². The number of esters is 1. The zero-order valence-electron chi connectivity index (χ0n) is 16.1. The van der Waals surface area contributed by atoms with E-state index in [9.17, 15) is 29.8 Å². The van der Waals surface area contributed by atoms with E-state index >= 15 is 0 Å². The lowest BCUT2D eigenvalue weighted by atomic mass is 10.1. The monoisotopic (exact) mass is 455 g/mol. The predicted octanol–water partition coefficient (Wildman–Crippen LogP) is 4.69. The van der Waals surface area contributed by atoms with Crippen molar-refractivity contribution in [3.8, 4) is 0 Å². The molecule has 0 saturated heterocycles. The minimum Gasteiger partial charge on any atom is -0.443 e. The summed E-state index contributed by atoms with van der Waals surface area (Å²) in [7, 11) is 0. The number of nitro groups is 2. The SMILES string of the molecule is O=C(OC(C(=O)Nc1ccc(Cl)c([N+](=O)[O-])c1)c1ccccc1)c1ccccc1[N+](=O)[O-]. The van der Waals surface area contributed by atoms with E-state index in [2.05, 4.69) is 5.32 Å². The highest BCUT2D eigenvalue weighted by molar-refractivity contribution is 6.32. The summed E-state index contributed by atoms with van der Waals surface area (Å²) in [5.74, 6) is -1.90. The molecule has 1 amide bonds. The second-order valence-corrected chi connectivity index (χ2v) is 6.79. The molecule has 0 aliphatic heterocycles. The van der Waals surface area contributed by atoms with Gasteiger partial charge >= 0.3 is 5.97 Å². The lowest BCUT2D eigenvalue weighted by Crippen LogP contribution is -2.26. The number of anilines is 1. The Kier molecular flexibility index (Phi) is 6.76. The second kappa shape index (κ2) is 9.67. The molecule has 3 rings (SSSR count). The molecular weight excluding hydrogens is 442 g/mol. The summed E-state index contributed by atoms with van der Waals surface area (Å²) in [6, 6.07) is 16.8. The first-order chi connectivity index (χ1) is 15.3. The highest BCUT2D eigenvalue weighted by Crippen LogP contribution is 2.29. The summed E-state index contributed by atoms with van der Waals surface area (Å²) in [6.45, 7) is 0. The van der Waals surface area contributed by atoms with Gasteiger partial charge in [-0.05, 0) is 18.2 Å². The molecule has 0 aromatic heterocycles. The van der Waals surface area contributed by atoms with Crippen LogP contribution in [0, 0.1) is 20.2 Å². The number of ether oxygens (including phenoxy) is 1. The molecule has 0 aliphatic rings. The lowest BCUT2D eigenvalue weighted by molar-refractivity contribution is -0.385. The highest BCUT2D eigenvalue weighted by atomic mass is 35.5. The van der Waals surface area contributed by atoms with Crippen LogP contribution in [0.25, 0.3) is 0 Å². The third-order valence-corrected chi connectivity index (χ3v) is 4.62. The molecule has 0 fully saturated rings. The molecule has 0 spiro atoms. The van der Waals surface area contributed by atoms with Gasteiger partial charge in [-0.1, -0.05) is 54.1 Å². The Morgan fingerprint density at radius 1 is 0.875 bits per heavy atom. The number of benzene rings is 3. The number of nitrogens with one attached hydrogen (secondary N) is 1. The van der Waals surface area contributed by atoms with E-state index in [1.807, 2.05) is 0 Å². The number of hydrogen-bond donors (Lipinski definition) is 1. The lowest BCUT2D eigenvalue weighted by Gasteiger charge is -2.18. The quantitative estimate of drug-likeness (QED) is 0.309. The number of hydrogen-bond acceptors (Lipinski definition) is 7. The van der Waals surface area contributed by atoms with Gasteiger partial charge in [0.2, 0.25) is 6.10 Å². The van der Waals surface area contributed by atoms with Crippen LogP contribution in [-0.2, 0) is 9.53 Å². The first-order valence-corrected chi connectivity index (χ1v) is 9.40. The Labute approximate surface area is 185 Å². The van der Waals surface area contributed by atoms with Gasteiger partial charge in [0.1, 0.15) is 10.6 Å². The molecule has 1 atom stereocenters. The van der Waals surface area contributed by atoms with Gasteiger partial charge in [0.25, 0.3) is 17.3 Å². The van der Waals surface area contributed by atoms with Crippen LogP contribution in [0.1, 0.15) is 22.0 Å². The van der Waals surface area contributed by atoms with Gasteiger partial charge in [0.05, 0.1) is 9.85 Å². The number of para-hydroxylation sites is 1. The van der Waals surface area contributed by atoms with Gasteiger partial charge in [-0.25, -0.2) is 4.79 Å². The molecule has 0 heterocycles. The number of nitrogens with zero attached hydrogens (tertiary/aromatic N) is 2. The summed E-state index contributed by atoms with van der Waals surface area (Å²) >= 11 is 5.78. The maximum atomic E-state index is 12.9. The van der Waals surface area contributed by atoms with Crippen molar-refractivity contribution in [1.82, 2.24) is 0 Å². The average molecular weight is 456 g/mol. The van der Waals surface area contributed by atoms with E-state index in [4.69, 9.17) is 16.3 Å². The molecule has 0 radical (unpaired) electrons. The van der Waals surface area contributed by atoms with Gasteiger partial charge in [0, 0.05) is 23.4 Å². The largest absolute Gasteiger partial charge is 0.443 e. The van der Waals surface area contributed by atoms with Crippen molar-refractivity contribution in [3.63, 3.8) is 0 Å². The van der Waals surface area contributed by atoms with Gasteiger partial charge in [-0.3, -0.25) is 25.0 Å². The standard InChI is InChI=1S/C21H14ClN3O7/c22-16-11-10-14(12-18(16)25(30)31)23-20(26)19(13-6-2-1-3-7-13)32-21(27)15-8-4-5-9-17(15)24(28)29/h1-12,19H,(H,23,26). The fourth-order valence-corrected chi connectivity index (χ4v) is 3.00. The third kappa shape index (κ3) is 5.05. The third-order valence-electron chi connectivity index (χ3n) is 4.30. The number of carbonyl (C=O) groups excluding carboxylic acids is 2. The number of rotatable bonds is 7. The summed E-state index contributed by atoms with van der Waals surface area (Å²) in [5, 5.41) is 24.6. The Hall–Kier alpha value is -4.31. The summed E-state index contributed by atoms with van der Waals surface area (Å²) in [6.07, 6.45) is -1.49. The molecule has 32 heavy (non-hydrogen) atoms. The van der Waals surface area contributed by atoms with E-state index in [-0.39, 0.29) is 16.3 Å². The van der Waals surface area contributed by atoms with Crippen LogP contribution < -0.4 is 5.32 Å². The van der Waals surface area contributed by atoms with Gasteiger partial charge in [-0.2, -0.15) is 0 Å². The van der Waals surface area contributed by atoms with E-state index in [0.29, 0.717) is 5.56 Å². The molecule has 0 saturated carbocycles. The number of amides is 1. The smallest absolute Gasteiger partial charge is 0.346 e. The molecule has 3 aromatic carbocycles. The zero-order valence-corrected chi connectivity index (χ0v) is 16.9. The van der Waals surface area contributed by atoms with Gasteiger partial charge < -0.3 is 10.1 Å². The topological polar surface area (TPSA) is 142 Å². The number of halogens is 1. The van der Waals surface area contributed by atoms with Crippen molar-refractivity contribution in [2.45, 2.75) is 6.10 Å². The highest BCUT2D eigenvalue weighted by Gasteiger charge is 2.29. The maximum absolute atomic E-state index is 12.9. The molecule has 10 nitrogen and oxygen atoms in total. The molecule has 1 N–H and O–H groups in total. The van der Waals surface area contributed by atoms with Crippen LogP contribution in [0.5, 0.6) is 0 Å². The van der Waals surface area contributed by atoms with Gasteiger partial charge in [-0.15, -0.1) is 0 Å². The van der Waals surface area contributed by atoms with E-state index < -0.39 is 39.2 Å². The van der Waals surface area contributed by atoms with Crippen molar-refractivity contribution in [2.24, 2.45) is 0 Å². The van der Waals surface area contributed by atoms with Gasteiger partial charge in [0.15, 0.2) is 0 Å². The molecule has 162 valence electrons. The average Bonchev–Trinajstić information content (AvgIpc) is 2.78. The Morgan fingerprint density at radius 3 is 2.16 bits per heavy atom. The molecular formula is C21H14ClN3O7. The fraction of sp³-hybridized carbons (Fsp3) is 0.0476. The minimum absolute atomic E-state index is 0.0498. The van der Waals surface area contributed by atoms with Crippen molar-refractivity contribution in [1.29, 1.82) is 0 Å². The van der Waals surface area contributed by atoms with E-state index in [1.165, 1.54) is 42.5 Å². The normalized spacial score (nSPS) is 11.3. The molecule has 1 unspecified atom stereocenters. The predicted molar refractivity (Wildman–Crippen MR) is 114 cm³/mol. The Balaban J connectivity index is 1.91. The number of carbonyl (C=O) groups is 2. The zero-order chi connectivity index (χ0) is 23.3. The number of nitro benzene ring substituents is 2.